The van der Waals surface area contributed by atoms with Crippen molar-refractivity contribution < 1.29 is 23.9 Å². The molecule has 1 fully saturated rings. The average Bonchev–Trinajstić information content (AvgIpc) is 3.31. The van der Waals surface area contributed by atoms with Crippen LogP contribution in [0.3, 0.4) is 0 Å². The van der Waals surface area contributed by atoms with E-state index in [2.05, 4.69) is 5.43 Å². The van der Waals surface area contributed by atoms with E-state index in [4.69, 9.17) is 4.74 Å². The molecule has 0 aliphatic carbocycles. The SMILES string of the molecule is O=C(NN1C[C@H](C(=O)OCC(=O)c2cccs2)CC1=O)c1ccccc1. The van der Waals surface area contributed by atoms with Gasteiger partial charge in [0.1, 0.15) is 0 Å². The van der Waals surface area contributed by atoms with Crippen molar-refractivity contribution in [3.63, 3.8) is 0 Å². The van der Waals surface area contributed by atoms with Crippen LogP contribution in [0.2, 0.25) is 0 Å². The van der Waals surface area contributed by atoms with E-state index in [0.717, 1.165) is 5.01 Å². The zero-order chi connectivity index (χ0) is 18.5. The number of ketones is 1. The Bertz CT molecular complexity index is 819. The van der Waals surface area contributed by atoms with Crippen LogP contribution in [0.25, 0.3) is 0 Å². The van der Waals surface area contributed by atoms with Gasteiger partial charge in [0.05, 0.1) is 17.3 Å². The van der Waals surface area contributed by atoms with Gasteiger partial charge in [-0.15, -0.1) is 11.3 Å². The molecule has 0 radical (unpaired) electrons. The summed E-state index contributed by atoms with van der Waals surface area (Å²) in [5, 5.41) is 2.88. The quantitative estimate of drug-likeness (QED) is 0.615. The first kappa shape index (κ1) is 17.8. The van der Waals surface area contributed by atoms with Crippen molar-refractivity contribution in [2.75, 3.05) is 13.2 Å². The van der Waals surface area contributed by atoms with Gasteiger partial charge in [0.2, 0.25) is 11.7 Å². The largest absolute Gasteiger partial charge is 0.457 e. The second-order valence-corrected chi connectivity index (χ2v) is 6.67. The van der Waals surface area contributed by atoms with Gasteiger partial charge in [-0.25, -0.2) is 0 Å². The van der Waals surface area contributed by atoms with E-state index >= 15 is 0 Å². The van der Waals surface area contributed by atoms with Gasteiger partial charge < -0.3 is 4.74 Å². The lowest BCUT2D eigenvalue weighted by molar-refractivity contribution is -0.147. The third kappa shape index (κ3) is 4.15. The number of benzene rings is 1. The van der Waals surface area contributed by atoms with Crippen molar-refractivity contribution >= 4 is 34.9 Å². The number of hydrazine groups is 1. The molecule has 0 unspecified atom stereocenters. The monoisotopic (exact) mass is 372 g/mol. The van der Waals surface area contributed by atoms with Crippen LogP contribution >= 0.6 is 11.3 Å². The molecule has 7 nitrogen and oxygen atoms in total. The zero-order valence-corrected chi connectivity index (χ0v) is 14.5. The molecule has 0 spiro atoms. The number of nitrogens with one attached hydrogen (secondary N) is 1. The highest BCUT2D eigenvalue weighted by Crippen LogP contribution is 2.18. The van der Waals surface area contributed by atoms with E-state index in [1.54, 1.807) is 47.8 Å². The number of hydrogen-bond donors (Lipinski definition) is 1. The van der Waals surface area contributed by atoms with Crippen molar-refractivity contribution in [3.05, 3.63) is 58.3 Å². The third-order valence-electron chi connectivity index (χ3n) is 3.87. The minimum absolute atomic E-state index is 0.0173. The highest BCUT2D eigenvalue weighted by molar-refractivity contribution is 7.12. The van der Waals surface area contributed by atoms with Crippen molar-refractivity contribution in [1.29, 1.82) is 0 Å². The van der Waals surface area contributed by atoms with E-state index in [0.29, 0.717) is 10.4 Å². The molecular weight excluding hydrogens is 356 g/mol. The summed E-state index contributed by atoms with van der Waals surface area (Å²) in [5.74, 6) is -2.43. The van der Waals surface area contributed by atoms with E-state index in [1.807, 2.05) is 0 Å². The molecule has 1 aromatic carbocycles. The molecule has 2 amide bonds. The summed E-state index contributed by atoms with van der Waals surface area (Å²) in [6, 6.07) is 11.8. The third-order valence-corrected chi connectivity index (χ3v) is 4.78. The normalized spacial score (nSPS) is 16.4. The maximum atomic E-state index is 12.1. The molecule has 1 saturated heterocycles. The molecule has 0 saturated carbocycles. The predicted molar refractivity (Wildman–Crippen MR) is 93.3 cm³/mol. The van der Waals surface area contributed by atoms with Crippen LogP contribution in [-0.2, 0) is 14.3 Å². The standard InChI is InChI=1S/C18H16N2O5S/c21-14(15-7-4-8-26-15)11-25-18(24)13-9-16(22)20(10-13)19-17(23)12-5-2-1-3-6-12/h1-8,13H,9-11H2,(H,19,23)/t13-/m1/s1. The van der Waals surface area contributed by atoms with E-state index in [1.165, 1.54) is 11.3 Å². The number of nitrogens with zero attached hydrogens (tertiary/aromatic N) is 1. The molecule has 0 bridgehead atoms. The van der Waals surface area contributed by atoms with Crippen molar-refractivity contribution in [1.82, 2.24) is 10.4 Å². The summed E-state index contributed by atoms with van der Waals surface area (Å²) >= 11 is 1.27. The number of thiophene rings is 1. The summed E-state index contributed by atoms with van der Waals surface area (Å²) in [4.78, 5) is 48.6. The number of carbonyl (C=O) groups is 4. The first-order valence-corrected chi connectivity index (χ1v) is 8.82. The van der Waals surface area contributed by atoms with Crippen molar-refractivity contribution in [2.24, 2.45) is 5.92 Å². The second-order valence-electron chi connectivity index (χ2n) is 5.72. The first-order valence-electron chi connectivity index (χ1n) is 7.94. The molecule has 8 heteroatoms. The van der Waals surface area contributed by atoms with Crippen molar-refractivity contribution in [3.8, 4) is 0 Å². The number of ether oxygens (including phenoxy) is 1. The second kappa shape index (κ2) is 7.92. The average molecular weight is 372 g/mol. The lowest BCUT2D eigenvalue weighted by Gasteiger charge is -2.17. The number of amides is 2. The minimum atomic E-state index is -0.713. The molecule has 134 valence electrons. The molecule has 1 aliphatic rings. The molecule has 3 rings (SSSR count). The Balaban J connectivity index is 1.51. The van der Waals surface area contributed by atoms with Crippen LogP contribution in [0.4, 0.5) is 0 Å². The summed E-state index contributed by atoms with van der Waals surface area (Å²) in [7, 11) is 0. The smallest absolute Gasteiger partial charge is 0.311 e. The Morgan fingerprint density at radius 1 is 1.15 bits per heavy atom. The predicted octanol–water partition coefficient (Wildman–Crippen LogP) is 1.67. The van der Waals surface area contributed by atoms with Gasteiger partial charge in [0, 0.05) is 12.0 Å². The summed E-state index contributed by atoms with van der Waals surface area (Å²) < 4.78 is 5.02. The van der Waals surface area contributed by atoms with Crippen LogP contribution < -0.4 is 5.43 Å². The van der Waals surface area contributed by atoms with Gasteiger partial charge in [0.25, 0.3) is 5.91 Å². The summed E-state index contributed by atoms with van der Waals surface area (Å²) in [5.41, 5.74) is 2.90. The summed E-state index contributed by atoms with van der Waals surface area (Å²) in [6.45, 7) is -0.343. The van der Waals surface area contributed by atoms with E-state index in [-0.39, 0.29) is 31.3 Å². The van der Waals surface area contributed by atoms with Crippen LogP contribution in [0.5, 0.6) is 0 Å². The highest BCUT2D eigenvalue weighted by atomic mass is 32.1. The van der Waals surface area contributed by atoms with E-state index < -0.39 is 17.8 Å². The van der Waals surface area contributed by atoms with Gasteiger partial charge in [-0.1, -0.05) is 24.3 Å². The molecule has 2 heterocycles. The fourth-order valence-electron chi connectivity index (χ4n) is 2.51. The minimum Gasteiger partial charge on any atom is -0.457 e. The lowest BCUT2D eigenvalue weighted by atomic mass is 10.1. The van der Waals surface area contributed by atoms with Crippen molar-refractivity contribution in [2.45, 2.75) is 6.42 Å². The van der Waals surface area contributed by atoms with E-state index in [9.17, 15) is 19.2 Å². The molecule has 1 atom stereocenters. The molecule has 26 heavy (non-hydrogen) atoms. The van der Waals surface area contributed by atoms with Crippen LogP contribution in [0.15, 0.2) is 47.8 Å². The van der Waals surface area contributed by atoms with Gasteiger partial charge in [-0.05, 0) is 23.6 Å². The molecule has 2 aromatic rings. The van der Waals surface area contributed by atoms with Crippen LogP contribution in [-0.4, -0.2) is 41.7 Å². The summed E-state index contributed by atoms with van der Waals surface area (Å²) in [6.07, 6.45) is -0.0684. The van der Waals surface area contributed by atoms with Gasteiger partial charge in [0.15, 0.2) is 6.61 Å². The zero-order valence-electron chi connectivity index (χ0n) is 13.7. The maximum absolute atomic E-state index is 12.1. The highest BCUT2D eigenvalue weighted by Gasteiger charge is 2.36. The Hall–Kier alpha value is -3.00. The Labute approximate surface area is 153 Å². The Morgan fingerprint density at radius 3 is 2.62 bits per heavy atom. The Morgan fingerprint density at radius 2 is 1.92 bits per heavy atom. The number of Topliss-reactive ketones (excluding diaryl/α,β-unsaturated/α-hetero) is 1. The fraction of sp³-hybridized carbons (Fsp3) is 0.222. The molecular formula is C18H16N2O5S. The molecule has 1 N–H and O–H groups in total. The Kier molecular flexibility index (Phi) is 5.43. The number of carbonyl (C=O) groups excluding carboxylic acids is 4. The number of hydrogen-bond acceptors (Lipinski definition) is 6. The van der Waals surface area contributed by atoms with Gasteiger partial charge in [-0.2, -0.15) is 0 Å². The van der Waals surface area contributed by atoms with Gasteiger partial charge >= 0.3 is 5.97 Å². The molecule has 1 aliphatic heterocycles. The first-order chi connectivity index (χ1) is 12.5. The maximum Gasteiger partial charge on any atom is 0.311 e. The number of esters is 1. The van der Waals surface area contributed by atoms with Crippen LogP contribution in [0, 0.1) is 5.92 Å². The topological polar surface area (TPSA) is 92.8 Å². The fourth-order valence-corrected chi connectivity index (χ4v) is 3.16. The number of rotatable bonds is 6. The molecule has 1 aromatic heterocycles. The van der Waals surface area contributed by atoms with Crippen LogP contribution in [0.1, 0.15) is 26.5 Å². The van der Waals surface area contributed by atoms with Gasteiger partial charge in [-0.3, -0.25) is 29.6 Å². The lowest BCUT2D eigenvalue weighted by Crippen LogP contribution is -2.43.